The number of benzene rings is 1. The minimum absolute atomic E-state index is 0.182. The minimum Gasteiger partial charge on any atom is -0.465 e. The Morgan fingerprint density at radius 1 is 1.59 bits per heavy atom. The number of fused-ring (bicyclic) bond motifs is 1. The molecule has 2 aromatic rings. The van der Waals surface area contributed by atoms with Crippen LogP contribution in [-0.4, -0.2) is 35.3 Å². The van der Waals surface area contributed by atoms with E-state index in [1.165, 1.54) is 7.11 Å². The highest BCUT2D eigenvalue weighted by Crippen LogP contribution is 2.30. The second-order valence-corrected chi connectivity index (χ2v) is 6.54. The van der Waals surface area contributed by atoms with Crippen LogP contribution in [0.3, 0.4) is 0 Å². The topological polar surface area (TPSA) is 53.3 Å². The van der Waals surface area contributed by atoms with E-state index in [1.54, 1.807) is 6.07 Å². The van der Waals surface area contributed by atoms with Crippen molar-refractivity contribution in [2.24, 2.45) is 0 Å². The van der Waals surface area contributed by atoms with E-state index in [1.807, 2.05) is 12.1 Å². The van der Waals surface area contributed by atoms with Crippen LogP contribution in [0.1, 0.15) is 40.8 Å². The van der Waals surface area contributed by atoms with Crippen molar-refractivity contribution < 1.29 is 14.3 Å². The number of hydrogen-bond donors (Lipinski definition) is 0. The van der Waals surface area contributed by atoms with Crippen LogP contribution in [0.25, 0.3) is 11.0 Å². The molecule has 1 aliphatic heterocycles. The minimum atomic E-state index is -0.332. The van der Waals surface area contributed by atoms with Gasteiger partial charge in [0.2, 0.25) is 0 Å². The van der Waals surface area contributed by atoms with Crippen molar-refractivity contribution in [3.8, 4) is 0 Å². The number of carbonyl (C=O) groups is 1. The third kappa shape index (κ3) is 2.77. The second kappa shape index (κ2) is 6.38. The highest BCUT2D eigenvalue weighted by molar-refractivity contribution is 9.09. The third-order valence-electron chi connectivity index (χ3n) is 4.02. The predicted molar refractivity (Wildman–Crippen MR) is 87.4 cm³/mol. The molecule has 2 heterocycles. The number of nitrogens with zero attached hydrogens (tertiary/aromatic N) is 2. The van der Waals surface area contributed by atoms with Gasteiger partial charge in [0, 0.05) is 6.61 Å². The first kappa shape index (κ1) is 15.5. The number of carbonyl (C=O) groups excluding carboxylic acids is 1. The number of hydrogen-bond acceptors (Lipinski definition) is 4. The molecule has 0 saturated carbocycles. The molecule has 1 fully saturated rings. The molecule has 1 saturated heterocycles. The van der Waals surface area contributed by atoms with Crippen LogP contribution >= 0.6 is 15.9 Å². The summed E-state index contributed by atoms with van der Waals surface area (Å²) in [7, 11) is 1.39. The van der Waals surface area contributed by atoms with Gasteiger partial charge < -0.3 is 14.0 Å². The van der Waals surface area contributed by atoms with Gasteiger partial charge in [-0.25, -0.2) is 9.78 Å². The molecule has 22 heavy (non-hydrogen) atoms. The molecule has 0 N–H and O–H groups in total. The molecule has 0 radical (unpaired) electrons. The number of imidazole rings is 1. The van der Waals surface area contributed by atoms with Gasteiger partial charge in [-0.05, 0) is 31.0 Å². The third-order valence-corrected chi connectivity index (χ3v) is 5.07. The van der Waals surface area contributed by atoms with Gasteiger partial charge in [0.1, 0.15) is 5.82 Å². The monoisotopic (exact) mass is 366 g/mol. The maximum Gasteiger partial charge on any atom is 0.337 e. The average molecular weight is 367 g/mol. The van der Waals surface area contributed by atoms with Gasteiger partial charge in [0.05, 0.1) is 41.2 Å². The lowest BCUT2D eigenvalue weighted by molar-refractivity contribution is -0.0590. The van der Waals surface area contributed by atoms with Gasteiger partial charge in [-0.2, -0.15) is 0 Å². The smallest absolute Gasteiger partial charge is 0.337 e. The Labute approximate surface area is 137 Å². The molecule has 2 atom stereocenters. The summed E-state index contributed by atoms with van der Waals surface area (Å²) >= 11 is 3.69. The number of rotatable bonds is 5. The van der Waals surface area contributed by atoms with Crippen molar-refractivity contribution >= 4 is 32.9 Å². The fraction of sp³-hybridized carbons (Fsp3) is 0.500. The summed E-state index contributed by atoms with van der Waals surface area (Å²) < 4.78 is 12.5. The van der Waals surface area contributed by atoms with Crippen LogP contribution in [0.15, 0.2) is 18.2 Å². The molecule has 1 aromatic carbocycles. The maximum absolute atomic E-state index is 11.8. The quantitative estimate of drug-likeness (QED) is 0.600. The molecule has 5 nitrogen and oxygen atoms in total. The standard InChI is InChI=1S/C16H19BrN2O3/c1-3-12(17)15-18-13-5-4-10(16(20)21-2)8-14(13)19(15)9-11-6-7-22-11/h4-5,8,11-12H,3,6-7,9H2,1-2H3/t11?,12-/m1/s1. The normalized spacial score (nSPS) is 19.0. The van der Waals surface area contributed by atoms with Gasteiger partial charge in [-0.15, -0.1) is 0 Å². The number of halogens is 1. The summed E-state index contributed by atoms with van der Waals surface area (Å²) in [5.41, 5.74) is 2.38. The van der Waals surface area contributed by atoms with Crippen LogP contribution in [0.4, 0.5) is 0 Å². The summed E-state index contributed by atoms with van der Waals surface area (Å²) in [6.45, 7) is 3.70. The van der Waals surface area contributed by atoms with Crippen LogP contribution < -0.4 is 0 Å². The summed E-state index contributed by atoms with van der Waals surface area (Å²) in [5.74, 6) is 0.650. The molecule has 0 spiro atoms. The summed E-state index contributed by atoms with van der Waals surface area (Å²) in [6.07, 6.45) is 2.24. The van der Waals surface area contributed by atoms with Crippen molar-refractivity contribution in [2.45, 2.75) is 37.2 Å². The van der Waals surface area contributed by atoms with E-state index in [2.05, 4.69) is 27.4 Å². The Morgan fingerprint density at radius 2 is 2.36 bits per heavy atom. The predicted octanol–water partition coefficient (Wildman–Crippen LogP) is 3.46. The van der Waals surface area contributed by atoms with Crippen molar-refractivity contribution in [1.82, 2.24) is 9.55 Å². The number of alkyl halides is 1. The van der Waals surface area contributed by atoms with E-state index in [9.17, 15) is 4.79 Å². The Morgan fingerprint density at radius 3 is 2.95 bits per heavy atom. The number of ether oxygens (including phenoxy) is 2. The van der Waals surface area contributed by atoms with Gasteiger partial charge in [0.25, 0.3) is 0 Å². The van der Waals surface area contributed by atoms with E-state index < -0.39 is 0 Å². The zero-order valence-corrected chi connectivity index (χ0v) is 14.3. The zero-order chi connectivity index (χ0) is 15.7. The van der Waals surface area contributed by atoms with Gasteiger partial charge >= 0.3 is 5.97 Å². The van der Waals surface area contributed by atoms with Crippen molar-refractivity contribution in [3.63, 3.8) is 0 Å². The lowest BCUT2D eigenvalue weighted by atomic mass is 10.1. The highest BCUT2D eigenvalue weighted by Gasteiger charge is 2.24. The lowest BCUT2D eigenvalue weighted by Gasteiger charge is -2.28. The van der Waals surface area contributed by atoms with Gasteiger partial charge in [-0.1, -0.05) is 22.9 Å². The summed E-state index contributed by atoms with van der Waals surface area (Å²) in [4.78, 5) is 16.7. The summed E-state index contributed by atoms with van der Waals surface area (Å²) in [5, 5.41) is 0. The van der Waals surface area contributed by atoms with Crippen LogP contribution in [0.2, 0.25) is 0 Å². The van der Waals surface area contributed by atoms with E-state index in [0.29, 0.717) is 5.56 Å². The van der Waals surface area contributed by atoms with E-state index in [4.69, 9.17) is 14.5 Å². The second-order valence-electron chi connectivity index (χ2n) is 5.43. The molecule has 1 aliphatic rings. The number of methoxy groups -OCH3 is 1. The van der Waals surface area contributed by atoms with Crippen molar-refractivity contribution in [1.29, 1.82) is 0 Å². The van der Waals surface area contributed by atoms with Gasteiger partial charge in [0.15, 0.2) is 0 Å². The zero-order valence-electron chi connectivity index (χ0n) is 12.7. The molecule has 0 bridgehead atoms. The first-order valence-corrected chi connectivity index (χ1v) is 8.39. The molecule has 0 aliphatic carbocycles. The lowest BCUT2D eigenvalue weighted by Crippen LogP contribution is -2.31. The molecular weight excluding hydrogens is 348 g/mol. The maximum atomic E-state index is 11.8. The van der Waals surface area contributed by atoms with E-state index in [0.717, 1.165) is 42.9 Å². The summed E-state index contributed by atoms with van der Waals surface area (Å²) in [6, 6.07) is 5.48. The van der Waals surface area contributed by atoms with Crippen LogP contribution in [0, 0.1) is 0 Å². The van der Waals surface area contributed by atoms with Crippen LogP contribution in [-0.2, 0) is 16.0 Å². The average Bonchev–Trinajstić information content (AvgIpc) is 2.86. The first-order valence-electron chi connectivity index (χ1n) is 7.48. The number of esters is 1. The molecule has 1 aromatic heterocycles. The molecule has 3 rings (SSSR count). The fourth-order valence-corrected chi connectivity index (χ4v) is 2.98. The molecule has 6 heteroatoms. The Kier molecular flexibility index (Phi) is 4.49. The first-order chi connectivity index (χ1) is 10.6. The van der Waals surface area contributed by atoms with Crippen molar-refractivity contribution in [3.05, 3.63) is 29.6 Å². The molecule has 0 amide bonds. The highest BCUT2D eigenvalue weighted by atomic mass is 79.9. The van der Waals surface area contributed by atoms with Gasteiger partial charge in [-0.3, -0.25) is 0 Å². The molecule has 118 valence electrons. The van der Waals surface area contributed by atoms with E-state index >= 15 is 0 Å². The largest absolute Gasteiger partial charge is 0.465 e. The van der Waals surface area contributed by atoms with E-state index in [-0.39, 0.29) is 16.9 Å². The Hall–Kier alpha value is -1.40. The van der Waals surface area contributed by atoms with Crippen LogP contribution in [0.5, 0.6) is 0 Å². The Balaban J connectivity index is 2.08. The van der Waals surface area contributed by atoms with Crippen molar-refractivity contribution in [2.75, 3.05) is 13.7 Å². The SMILES string of the molecule is CC[C@@H](Br)c1nc2ccc(C(=O)OC)cc2n1CC1CCO1. The molecular formula is C16H19BrN2O3. The Bertz CT molecular complexity index is 694. The molecule has 1 unspecified atom stereocenters. The fourth-order valence-electron chi connectivity index (χ4n) is 2.63. The number of aromatic nitrogens is 2.